The van der Waals surface area contributed by atoms with Crippen molar-refractivity contribution in [3.8, 4) is 11.3 Å². The van der Waals surface area contributed by atoms with Crippen LogP contribution in [0.25, 0.3) is 11.3 Å². The number of nitrogens with two attached hydrogens (primary N) is 1. The van der Waals surface area contributed by atoms with Gasteiger partial charge in [0.15, 0.2) is 5.76 Å². The SMILES string of the molecule is Cc1ccc(-c2cc(CN3CCCC(C)C3CN)on2)cc1.Cl. The highest BCUT2D eigenvalue weighted by molar-refractivity contribution is 5.85. The Morgan fingerprint density at radius 2 is 2.04 bits per heavy atom. The molecule has 2 atom stereocenters. The van der Waals surface area contributed by atoms with Crippen molar-refractivity contribution in [3.05, 3.63) is 41.7 Å². The minimum absolute atomic E-state index is 0. The minimum atomic E-state index is 0. The highest BCUT2D eigenvalue weighted by atomic mass is 35.5. The van der Waals surface area contributed by atoms with Crippen molar-refractivity contribution in [1.29, 1.82) is 0 Å². The van der Waals surface area contributed by atoms with Crippen molar-refractivity contribution in [2.24, 2.45) is 11.7 Å². The molecule has 0 saturated carbocycles. The van der Waals surface area contributed by atoms with Gasteiger partial charge in [0, 0.05) is 24.2 Å². The number of rotatable bonds is 4. The van der Waals surface area contributed by atoms with Crippen molar-refractivity contribution in [2.75, 3.05) is 13.1 Å². The summed E-state index contributed by atoms with van der Waals surface area (Å²) in [4.78, 5) is 2.44. The molecule has 1 saturated heterocycles. The molecular formula is C18H26ClN3O. The van der Waals surface area contributed by atoms with Gasteiger partial charge in [0.25, 0.3) is 0 Å². The molecule has 3 rings (SSSR count). The van der Waals surface area contributed by atoms with E-state index in [0.29, 0.717) is 18.5 Å². The van der Waals surface area contributed by atoms with E-state index in [9.17, 15) is 0 Å². The molecule has 1 aromatic carbocycles. The second-order valence-electron chi connectivity index (χ2n) is 6.44. The van der Waals surface area contributed by atoms with E-state index in [1.54, 1.807) is 0 Å². The average Bonchev–Trinajstić information content (AvgIpc) is 2.97. The fourth-order valence-electron chi connectivity index (χ4n) is 3.36. The van der Waals surface area contributed by atoms with E-state index in [-0.39, 0.29) is 12.4 Å². The molecule has 0 aliphatic carbocycles. The molecule has 126 valence electrons. The van der Waals surface area contributed by atoms with Crippen LogP contribution in [0.2, 0.25) is 0 Å². The van der Waals surface area contributed by atoms with Crippen LogP contribution in [0.1, 0.15) is 31.1 Å². The van der Waals surface area contributed by atoms with Crippen LogP contribution in [0.4, 0.5) is 0 Å². The molecule has 1 aliphatic heterocycles. The van der Waals surface area contributed by atoms with Gasteiger partial charge in [-0.1, -0.05) is 41.9 Å². The molecule has 0 bridgehead atoms. The third-order valence-electron chi connectivity index (χ3n) is 4.74. The Bertz CT molecular complexity index is 611. The molecule has 2 unspecified atom stereocenters. The number of hydrogen-bond acceptors (Lipinski definition) is 4. The van der Waals surface area contributed by atoms with Crippen LogP contribution in [-0.4, -0.2) is 29.2 Å². The lowest BCUT2D eigenvalue weighted by molar-refractivity contribution is 0.0893. The smallest absolute Gasteiger partial charge is 0.151 e. The lowest BCUT2D eigenvalue weighted by Crippen LogP contribution is -2.47. The van der Waals surface area contributed by atoms with E-state index in [1.807, 2.05) is 0 Å². The first-order valence-electron chi connectivity index (χ1n) is 8.14. The van der Waals surface area contributed by atoms with Gasteiger partial charge in [0.2, 0.25) is 0 Å². The van der Waals surface area contributed by atoms with E-state index in [0.717, 1.165) is 30.1 Å². The first-order chi connectivity index (χ1) is 10.7. The minimum Gasteiger partial charge on any atom is -0.359 e. The van der Waals surface area contributed by atoms with Crippen molar-refractivity contribution in [3.63, 3.8) is 0 Å². The fourth-order valence-corrected chi connectivity index (χ4v) is 3.36. The standard InChI is InChI=1S/C18H25N3O.ClH/c1-13-5-7-15(8-6-13)17-10-16(22-20-17)12-21-9-3-4-14(2)18(21)11-19;/h5-8,10,14,18H,3-4,9,11-12,19H2,1-2H3;1H. The zero-order chi connectivity index (χ0) is 15.5. The topological polar surface area (TPSA) is 55.3 Å². The molecule has 1 fully saturated rings. The summed E-state index contributed by atoms with van der Waals surface area (Å²) in [6.45, 7) is 6.97. The third kappa shape index (κ3) is 4.14. The maximum absolute atomic E-state index is 5.96. The summed E-state index contributed by atoms with van der Waals surface area (Å²) in [5.41, 5.74) is 9.22. The van der Waals surface area contributed by atoms with E-state index < -0.39 is 0 Å². The lowest BCUT2D eigenvalue weighted by Gasteiger charge is -2.38. The zero-order valence-corrected chi connectivity index (χ0v) is 14.7. The van der Waals surface area contributed by atoms with Gasteiger partial charge in [0.1, 0.15) is 5.69 Å². The fraction of sp³-hybridized carbons (Fsp3) is 0.500. The Hall–Kier alpha value is -1.36. The highest BCUT2D eigenvalue weighted by Crippen LogP contribution is 2.26. The summed E-state index contributed by atoms with van der Waals surface area (Å²) in [5, 5.41) is 4.22. The Morgan fingerprint density at radius 1 is 1.30 bits per heavy atom. The predicted molar refractivity (Wildman–Crippen MR) is 95.6 cm³/mol. The Balaban J connectivity index is 0.00000192. The molecule has 23 heavy (non-hydrogen) atoms. The van der Waals surface area contributed by atoms with Gasteiger partial charge in [0.05, 0.1) is 6.54 Å². The maximum atomic E-state index is 5.96. The Morgan fingerprint density at radius 3 is 2.74 bits per heavy atom. The Kier molecular flexibility index (Phi) is 6.22. The molecule has 1 aliphatic rings. The number of aromatic nitrogens is 1. The van der Waals surface area contributed by atoms with Gasteiger partial charge in [-0.2, -0.15) is 0 Å². The summed E-state index contributed by atoms with van der Waals surface area (Å²) in [7, 11) is 0. The van der Waals surface area contributed by atoms with Crippen LogP contribution in [0.3, 0.4) is 0 Å². The first-order valence-corrected chi connectivity index (χ1v) is 8.14. The van der Waals surface area contributed by atoms with E-state index in [4.69, 9.17) is 10.3 Å². The quantitative estimate of drug-likeness (QED) is 0.927. The van der Waals surface area contributed by atoms with E-state index in [1.165, 1.54) is 18.4 Å². The maximum Gasteiger partial charge on any atom is 0.151 e. The van der Waals surface area contributed by atoms with Gasteiger partial charge in [-0.05, 0) is 32.2 Å². The molecule has 0 radical (unpaired) electrons. The second kappa shape index (κ2) is 7.95. The van der Waals surface area contributed by atoms with Gasteiger partial charge in [-0.25, -0.2) is 0 Å². The highest BCUT2D eigenvalue weighted by Gasteiger charge is 2.28. The van der Waals surface area contributed by atoms with Crippen LogP contribution in [-0.2, 0) is 6.54 Å². The summed E-state index contributed by atoms with van der Waals surface area (Å²) in [6, 6.07) is 10.9. The number of hydrogen-bond donors (Lipinski definition) is 1. The molecule has 1 aromatic heterocycles. The summed E-state index contributed by atoms with van der Waals surface area (Å²) >= 11 is 0. The first kappa shape index (κ1) is 18.0. The van der Waals surface area contributed by atoms with E-state index in [2.05, 4.69) is 54.2 Å². The molecule has 2 aromatic rings. The molecule has 0 amide bonds. The third-order valence-corrected chi connectivity index (χ3v) is 4.74. The summed E-state index contributed by atoms with van der Waals surface area (Å²) in [6.07, 6.45) is 2.50. The van der Waals surface area contributed by atoms with Gasteiger partial charge < -0.3 is 10.3 Å². The van der Waals surface area contributed by atoms with Crippen LogP contribution in [0, 0.1) is 12.8 Å². The lowest BCUT2D eigenvalue weighted by atomic mass is 9.91. The van der Waals surface area contributed by atoms with Crippen molar-refractivity contribution in [2.45, 2.75) is 39.3 Å². The van der Waals surface area contributed by atoms with Crippen molar-refractivity contribution < 1.29 is 4.52 Å². The number of piperidine rings is 1. The zero-order valence-electron chi connectivity index (χ0n) is 13.9. The molecule has 0 spiro atoms. The van der Waals surface area contributed by atoms with Crippen molar-refractivity contribution in [1.82, 2.24) is 10.1 Å². The molecule has 2 heterocycles. The number of aryl methyl sites for hydroxylation is 1. The predicted octanol–water partition coefficient (Wildman–Crippen LogP) is 3.63. The number of nitrogens with zero attached hydrogens (tertiary/aromatic N) is 2. The summed E-state index contributed by atoms with van der Waals surface area (Å²) in [5.74, 6) is 1.57. The van der Waals surface area contributed by atoms with Gasteiger partial charge >= 0.3 is 0 Å². The summed E-state index contributed by atoms with van der Waals surface area (Å²) < 4.78 is 5.55. The average molecular weight is 336 g/mol. The normalized spacial score (nSPS) is 21.9. The van der Waals surface area contributed by atoms with E-state index >= 15 is 0 Å². The number of likely N-dealkylation sites (tertiary alicyclic amines) is 1. The molecule has 2 N–H and O–H groups in total. The van der Waals surface area contributed by atoms with Crippen LogP contribution in [0.15, 0.2) is 34.9 Å². The Labute approximate surface area is 144 Å². The van der Waals surface area contributed by atoms with Crippen LogP contribution in [0.5, 0.6) is 0 Å². The van der Waals surface area contributed by atoms with Gasteiger partial charge in [-0.15, -0.1) is 12.4 Å². The second-order valence-corrected chi connectivity index (χ2v) is 6.44. The number of benzene rings is 1. The molecular weight excluding hydrogens is 310 g/mol. The molecule has 5 heteroatoms. The van der Waals surface area contributed by atoms with Gasteiger partial charge in [-0.3, -0.25) is 4.90 Å². The monoisotopic (exact) mass is 335 g/mol. The van der Waals surface area contributed by atoms with Crippen LogP contribution < -0.4 is 5.73 Å². The largest absolute Gasteiger partial charge is 0.359 e. The van der Waals surface area contributed by atoms with Crippen molar-refractivity contribution >= 4 is 12.4 Å². The van der Waals surface area contributed by atoms with Crippen LogP contribution >= 0.6 is 12.4 Å². The number of halogens is 1. The molecule has 4 nitrogen and oxygen atoms in total.